The largest absolute Gasteiger partial charge is 0.494 e. The van der Waals surface area contributed by atoms with Crippen molar-refractivity contribution in [2.75, 3.05) is 0 Å². The van der Waals surface area contributed by atoms with Gasteiger partial charge in [-0.05, 0) is 25.1 Å². The molecule has 1 aliphatic heterocycles. The second-order valence-electron chi connectivity index (χ2n) is 5.27. The number of Topliss-reactive ketones (excluding diaryl/α,β-unsaturated/α-hetero) is 1. The minimum Gasteiger partial charge on any atom is -0.494 e. The van der Waals surface area contributed by atoms with Crippen LogP contribution in [-0.2, 0) is 6.54 Å². The number of hydrogen-bond acceptors (Lipinski definition) is 3. The SMILES string of the molecule is CCn1c(O)c(C2=Nc3ccccc3C2=O)c2ccccc21.[HH]. The van der Waals surface area contributed by atoms with E-state index in [-0.39, 0.29) is 13.1 Å². The van der Waals surface area contributed by atoms with Gasteiger partial charge in [-0.25, -0.2) is 4.99 Å². The fourth-order valence-corrected chi connectivity index (χ4v) is 3.07. The Bertz CT molecular complexity index is 957. The first-order valence-corrected chi connectivity index (χ1v) is 7.25. The molecule has 1 N–H and O–H groups in total. The number of carbonyl (C=O) groups is 1. The van der Waals surface area contributed by atoms with Crippen molar-refractivity contribution in [3.63, 3.8) is 0 Å². The van der Waals surface area contributed by atoms with Crippen LogP contribution in [0.25, 0.3) is 10.9 Å². The zero-order valence-electron chi connectivity index (χ0n) is 12.1. The Balaban J connectivity index is 0.00000156. The van der Waals surface area contributed by atoms with Gasteiger partial charge < -0.3 is 9.67 Å². The number of nitrogens with zero attached hydrogens (tertiary/aromatic N) is 2. The molecule has 110 valence electrons. The zero-order chi connectivity index (χ0) is 15.3. The number of aromatic hydroxyl groups is 1. The number of rotatable bonds is 2. The van der Waals surface area contributed by atoms with Gasteiger partial charge in [0.2, 0.25) is 11.7 Å². The van der Waals surface area contributed by atoms with Crippen LogP contribution in [0.3, 0.4) is 0 Å². The molecule has 2 aromatic carbocycles. The monoisotopic (exact) mass is 292 g/mol. The molecule has 1 aromatic heterocycles. The van der Waals surface area contributed by atoms with E-state index in [0.29, 0.717) is 29.1 Å². The van der Waals surface area contributed by atoms with Gasteiger partial charge in [0.05, 0.1) is 16.8 Å². The minimum absolute atomic E-state index is 0. The van der Waals surface area contributed by atoms with E-state index in [2.05, 4.69) is 4.99 Å². The van der Waals surface area contributed by atoms with E-state index in [1.807, 2.05) is 49.4 Å². The highest BCUT2D eigenvalue weighted by Crippen LogP contribution is 2.37. The molecule has 1 aliphatic rings. The average molecular weight is 292 g/mol. The van der Waals surface area contributed by atoms with Crippen LogP contribution in [0.15, 0.2) is 53.5 Å². The second kappa shape index (κ2) is 4.56. The molecule has 0 atom stereocenters. The molecule has 4 heteroatoms. The summed E-state index contributed by atoms with van der Waals surface area (Å²) in [5.41, 5.74) is 3.00. The van der Waals surface area contributed by atoms with E-state index < -0.39 is 0 Å². The van der Waals surface area contributed by atoms with Crippen molar-refractivity contribution >= 4 is 28.1 Å². The van der Waals surface area contributed by atoms with Crippen LogP contribution in [0.1, 0.15) is 24.3 Å². The van der Waals surface area contributed by atoms with Gasteiger partial charge in [0, 0.05) is 18.9 Å². The number of carbonyl (C=O) groups excluding carboxylic acids is 1. The summed E-state index contributed by atoms with van der Waals surface area (Å²) in [5, 5.41) is 11.4. The van der Waals surface area contributed by atoms with Crippen LogP contribution in [-0.4, -0.2) is 21.2 Å². The molecule has 4 rings (SSSR count). The molecular weight excluding hydrogens is 276 g/mol. The Morgan fingerprint density at radius 2 is 1.86 bits per heavy atom. The third-order valence-electron chi connectivity index (χ3n) is 4.09. The van der Waals surface area contributed by atoms with Gasteiger partial charge in [-0.15, -0.1) is 0 Å². The molecule has 0 aliphatic carbocycles. The Labute approximate surface area is 128 Å². The zero-order valence-corrected chi connectivity index (χ0v) is 12.1. The first kappa shape index (κ1) is 12.8. The lowest BCUT2D eigenvalue weighted by Crippen LogP contribution is -2.11. The number of para-hydroxylation sites is 2. The van der Waals surface area contributed by atoms with Crippen LogP contribution in [0.2, 0.25) is 0 Å². The first-order chi connectivity index (χ1) is 10.7. The molecule has 0 saturated heterocycles. The van der Waals surface area contributed by atoms with E-state index in [1.54, 1.807) is 10.6 Å². The lowest BCUT2D eigenvalue weighted by molar-refractivity contribution is 0.107. The number of aryl methyl sites for hydroxylation is 1. The second-order valence-corrected chi connectivity index (χ2v) is 5.27. The third kappa shape index (κ3) is 1.58. The van der Waals surface area contributed by atoms with Crippen molar-refractivity contribution in [2.45, 2.75) is 13.5 Å². The van der Waals surface area contributed by atoms with Crippen molar-refractivity contribution in [3.8, 4) is 5.88 Å². The van der Waals surface area contributed by atoms with Crippen molar-refractivity contribution in [1.82, 2.24) is 4.57 Å². The number of ketones is 1. The predicted octanol–water partition coefficient (Wildman–Crippen LogP) is 3.93. The highest BCUT2D eigenvalue weighted by atomic mass is 16.3. The topological polar surface area (TPSA) is 54.6 Å². The molecule has 0 amide bonds. The Morgan fingerprint density at radius 3 is 2.64 bits per heavy atom. The van der Waals surface area contributed by atoms with Crippen molar-refractivity contribution in [3.05, 3.63) is 59.7 Å². The van der Waals surface area contributed by atoms with Gasteiger partial charge in [-0.2, -0.15) is 0 Å². The smallest absolute Gasteiger partial charge is 0.214 e. The summed E-state index contributed by atoms with van der Waals surface area (Å²) >= 11 is 0. The van der Waals surface area contributed by atoms with E-state index in [0.717, 1.165) is 10.9 Å². The van der Waals surface area contributed by atoms with Gasteiger partial charge in [0.25, 0.3) is 0 Å². The average Bonchev–Trinajstić information content (AvgIpc) is 3.01. The number of fused-ring (bicyclic) bond motifs is 2. The molecule has 0 radical (unpaired) electrons. The van der Waals surface area contributed by atoms with Gasteiger partial charge in [0.1, 0.15) is 5.71 Å². The van der Waals surface area contributed by atoms with Crippen LogP contribution in [0, 0.1) is 0 Å². The molecule has 0 fully saturated rings. The van der Waals surface area contributed by atoms with E-state index in [1.165, 1.54) is 0 Å². The van der Waals surface area contributed by atoms with Gasteiger partial charge in [-0.3, -0.25) is 4.79 Å². The lowest BCUT2D eigenvalue weighted by Gasteiger charge is -2.02. The Morgan fingerprint density at radius 1 is 1.14 bits per heavy atom. The predicted molar refractivity (Wildman–Crippen MR) is 88.4 cm³/mol. The summed E-state index contributed by atoms with van der Waals surface area (Å²) in [6, 6.07) is 14.9. The fourth-order valence-electron chi connectivity index (χ4n) is 3.07. The van der Waals surface area contributed by atoms with Crippen molar-refractivity contribution < 1.29 is 11.3 Å². The van der Waals surface area contributed by atoms with E-state index in [4.69, 9.17) is 0 Å². The maximum atomic E-state index is 12.6. The van der Waals surface area contributed by atoms with Gasteiger partial charge in [0.15, 0.2) is 0 Å². The maximum Gasteiger partial charge on any atom is 0.214 e. The molecule has 0 spiro atoms. The molecule has 3 aromatic rings. The summed E-state index contributed by atoms with van der Waals surface area (Å²) in [6.45, 7) is 2.59. The standard InChI is InChI=1S/C18H14N2O2.H2/c1-2-20-14-10-6-4-8-12(14)15(18(20)22)16-17(21)11-7-3-5-9-13(11)19-16;/h3-10,22H,2H2,1H3;1H. The number of benzene rings is 2. The third-order valence-corrected chi connectivity index (χ3v) is 4.09. The fraction of sp³-hybridized carbons (Fsp3) is 0.111. The first-order valence-electron chi connectivity index (χ1n) is 7.25. The number of aromatic nitrogens is 1. The quantitative estimate of drug-likeness (QED) is 0.778. The molecule has 2 heterocycles. The molecule has 0 bridgehead atoms. The highest BCUT2D eigenvalue weighted by molar-refractivity contribution is 6.56. The van der Waals surface area contributed by atoms with E-state index in [9.17, 15) is 9.90 Å². The maximum absolute atomic E-state index is 12.6. The summed E-state index contributed by atoms with van der Waals surface area (Å²) in [4.78, 5) is 17.1. The van der Waals surface area contributed by atoms with Crippen molar-refractivity contribution in [2.24, 2.45) is 4.99 Å². The Hall–Kier alpha value is -2.88. The van der Waals surface area contributed by atoms with Gasteiger partial charge in [-0.1, -0.05) is 30.3 Å². The van der Waals surface area contributed by atoms with Crippen LogP contribution < -0.4 is 0 Å². The molecule has 4 nitrogen and oxygen atoms in total. The Kier molecular flexibility index (Phi) is 2.66. The summed E-state index contributed by atoms with van der Waals surface area (Å²) in [6.07, 6.45) is 0. The lowest BCUT2D eigenvalue weighted by atomic mass is 10.0. The molecular formula is C18H16N2O2. The minimum atomic E-state index is -0.134. The van der Waals surface area contributed by atoms with Crippen LogP contribution in [0.4, 0.5) is 5.69 Å². The summed E-state index contributed by atoms with van der Waals surface area (Å²) in [7, 11) is 0. The van der Waals surface area contributed by atoms with E-state index >= 15 is 0 Å². The molecule has 0 unspecified atom stereocenters. The van der Waals surface area contributed by atoms with Gasteiger partial charge >= 0.3 is 0 Å². The normalized spacial score (nSPS) is 13.5. The van der Waals surface area contributed by atoms with Crippen molar-refractivity contribution in [1.29, 1.82) is 0 Å². The summed E-state index contributed by atoms with van der Waals surface area (Å²) in [5.74, 6) is -0.0338. The highest BCUT2D eigenvalue weighted by Gasteiger charge is 2.30. The number of aliphatic imine (C=N–C) groups is 1. The van der Waals surface area contributed by atoms with Crippen LogP contribution in [0.5, 0.6) is 5.88 Å². The molecule has 0 saturated carbocycles. The summed E-state index contributed by atoms with van der Waals surface area (Å²) < 4.78 is 1.80. The molecule has 22 heavy (non-hydrogen) atoms. The van der Waals surface area contributed by atoms with Crippen LogP contribution >= 0.6 is 0 Å². The number of hydrogen-bond donors (Lipinski definition) is 1.